The fourth-order valence-electron chi connectivity index (χ4n) is 1.49. The third-order valence-electron chi connectivity index (χ3n) is 2.84. The number of likely N-dealkylation sites (N-methyl/N-ethyl adjacent to an activating group) is 1. The first-order chi connectivity index (χ1) is 6.59. The third kappa shape index (κ3) is 2.24. The molecule has 14 heavy (non-hydrogen) atoms. The Morgan fingerprint density at radius 3 is 2.36 bits per heavy atom. The lowest BCUT2D eigenvalue weighted by Gasteiger charge is -2.35. The van der Waals surface area contributed by atoms with Gasteiger partial charge in [-0.2, -0.15) is 0 Å². The number of rotatable bonds is 4. The highest BCUT2D eigenvalue weighted by molar-refractivity contribution is 5.22. The van der Waals surface area contributed by atoms with Gasteiger partial charge in [0.1, 0.15) is 0 Å². The summed E-state index contributed by atoms with van der Waals surface area (Å²) in [7, 11) is 2.12. The standard InChI is InChI=1S/C13H19N/c1-5-11-14(4)13(2,3)12-9-7-6-8-10-12/h5-10H,1,11H2,2-4H3. The number of hydrogen-bond acceptors (Lipinski definition) is 1. The minimum atomic E-state index is 0.0649. The number of hydrogen-bond donors (Lipinski definition) is 0. The maximum atomic E-state index is 3.77. The summed E-state index contributed by atoms with van der Waals surface area (Å²) in [6.07, 6.45) is 1.94. The highest BCUT2D eigenvalue weighted by atomic mass is 15.2. The monoisotopic (exact) mass is 189 g/mol. The molecule has 0 aliphatic rings. The SMILES string of the molecule is C=CCN(C)C(C)(C)c1ccccc1. The first kappa shape index (κ1) is 11.0. The van der Waals surface area contributed by atoms with Gasteiger partial charge in [-0.3, -0.25) is 4.90 Å². The van der Waals surface area contributed by atoms with Crippen LogP contribution in [-0.2, 0) is 5.54 Å². The second-order valence-corrected chi connectivity index (χ2v) is 4.09. The van der Waals surface area contributed by atoms with E-state index >= 15 is 0 Å². The van der Waals surface area contributed by atoms with Crippen LogP contribution in [0.2, 0.25) is 0 Å². The van der Waals surface area contributed by atoms with Crippen molar-refractivity contribution < 1.29 is 0 Å². The zero-order valence-electron chi connectivity index (χ0n) is 9.33. The van der Waals surface area contributed by atoms with Crippen LogP contribution in [0.1, 0.15) is 19.4 Å². The van der Waals surface area contributed by atoms with Gasteiger partial charge in [0.15, 0.2) is 0 Å². The van der Waals surface area contributed by atoms with Crippen LogP contribution in [0.15, 0.2) is 43.0 Å². The second-order valence-electron chi connectivity index (χ2n) is 4.09. The van der Waals surface area contributed by atoms with Crippen LogP contribution in [-0.4, -0.2) is 18.5 Å². The Labute approximate surface area is 87.1 Å². The van der Waals surface area contributed by atoms with E-state index in [2.05, 4.69) is 56.6 Å². The first-order valence-corrected chi connectivity index (χ1v) is 4.96. The van der Waals surface area contributed by atoms with Crippen LogP contribution in [0.5, 0.6) is 0 Å². The van der Waals surface area contributed by atoms with Crippen molar-refractivity contribution in [1.29, 1.82) is 0 Å². The highest BCUT2D eigenvalue weighted by Crippen LogP contribution is 2.25. The van der Waals surface area contributed by atoms with Crippen molar-refractivity contribution in [2.75, 3.05) is 13.6 Å². The Bertz CT molecular complexity index is 287. The first-order valence-electron chi connectivity index (χ1n) is 4.96. The summed E-state index contributed by atoms with van der Waals surface area (Å²) >= 11 is 0. The maximum Gasteiger partial charge on any atom is 0.0404 e. The predicted molar refractivity (Wildman–Crippen MR) is 62.3 cm³/mol. The average Bonchev–Trinajstić information content (AvgIpc) is 2.19. The molecule has 0 fully saturated rings. The van der Waals surface area contributed by atoms with Crippen molar-refractivity contribution in [2.45, 2.75) is 19.4 Å². The molecule has 0 atom stereocenters. The molecule has 1 rings (SSSR count). The average molecular weight is 189 g/mol. The summed E-state index contributed by atoms with van der Waals surface area (Å²) in [6, 6.07) is 10.5. The Morgan fingerprint density at radius 1 is 1.29 bits per heavy atom. The minimum absolute atomic E-state index is 0.0649. The molecule has 0 saturated carbocycles. The molecule has 0 aromatic heterocycles. The molecule has 0 radical (unpaired) electrons. The van der Waals surface area contributed by atoms with Crippen LogP contribution in [0.3, 0.4) is 0 Å². The molecule has 0 amide bonds. The maximum absolute atomic E-state index is 3.77. The molecule has 0 N–H and O–H groups in total. The molecule has 0 spiro atoms. The Kier molecular flexibility index (Phi) is 3.48. The molecule has 1 nitrogen and oxygen atoms in total. The fourth-order valence-corrected chi connectivity index (χ4v) is 1.49. The van der Waals surface area contributed by atoms with E-state index in [1.54, 1.807) is 0 Å². The van der Waals surface area contributed by atoms with Crippen LogP contribution in [0, 0.1) is 0 Å². The van der Waals surface area contributed by atoms with Gasteiger partial charge in [0, 0.05) is 12.1 Å². The lowest BCUT2D eigenvalue weighted by atomic mass is 9.93. The number of benzene rings is 1. The van der Waals surface area contributed by atoms with Crippen LogP contribution < -0.4 is 0 Å². The molecule has 0 unspecified atom stereocenters. The minimum Gasteiger partial charge on any atom is -0.294 e. The molecule has 0 bridgehead atoms. The molecule has 0 aliphatic heterocycles. The Morgan fingerprint density at radius 2 is 1.86 bits per heavy atom. The predicted octanol–water partition coefficient (Wildman–Crippen LogP) is 3.04. The zero-order chi connectivity index (χ0) is 10.6. The zero-order valence-corrected chi connectivity index (χ0v) is 9.33. The van der Waals surface area contributed by atoms with E-state index in [-0.39, 0.29) is 5.54 Å². The Balaban J connectivity index is 2.89. The molecule has 0 aliphatic carbocycles. The summed E-state index contributed by atoms with van der Waals surface area (Å²) in [5, 5.41) is 0. The van der Waals surface area contributed by atoms with Gasteiger partial charge in [-0.05, 0) is 26.5 Å². The van der Waals surface area contributed by atoms with Gasteiger partial charge < -0.3 is 0 Å². The van der Waals surface area contributed by atoms with Gasteiger partial charge in [0.25, 0.3) is 0 Å². The molecule has 0 saturated heterocycles. The van der Waals surface area contributed by atoms with E-state index in [4.69, 9.17) is 0 Å². The van der Waals surface area contributed by atoms with Gasteiger partial charge >= 0.3 is 0 Å². The van der Waals surface area contributed by atoms with Gasteiger partial charge in [-0.1, -0.05) is 36.4 Å². The van der Waals surface area contributed by atoms with Crippen LogP contribution in [0.25, 0.3) is 0 Å². The van der Waals surface area contributed by atoms with Gasteiger partial charge in [-0.25, -0.2) is 0 Å². The summed E-state index contributed by atoms with van der Waals surface area (Å²) in [4.78, 5) is 2.29. The quantitative estimate of drug-likeness (QED) is 0.658. The molecule has 0 heterocycles. The topological polar surface area (TPSA) is 3.24 Å². The molecule has 1 aromatic carbocycles. The molecule has 1 aromatic rings. The highest BCUT2D eigenvalue weighted by Gasteiger charge is 2.24. The van der Waals surface area contributed by atoms with Crippen molar-refractivity contribution in [3.63, 3.8) is 0 Å². The van der Waals surface area contributed by atoms with Crippen LogP contribution in [0.4, 0.5) is 0 Å². The molecule has 76 valence electrons. The summed E-state index contributed by atoms with van der Waals surface area (Å²) in [5.41, 5.74) is 1.40. The van der Waals surface area contributed by atoms with E-state index < -0.39 is 0 Å². The van der Waals surface area contributed by atoms with Crippen LogP contribution >= 0.6 is 0 Å². The van der Waals surface area contributed by atoms with Gasteiger partial charge in [0.05, 0.1) is 0 Å². The lowest BCUT2D eigenvalue weighted by Crippen LogP contribution is -2.38. The normalized spacial score (nSPS) is 11.7. The summed E-state index contributed by atoms with van der Waals surface area (Å²) in [6.45, 7) is 9.13. The number of nitrogens with zero attached hydrogens (tertiary/aromatic N) is 1. The van der Waals surface area contributed by atoms with Crippen molar-refractivity contribution in [3.05, 3.63) is 48.6 Å². The van der Waals surface area contributed by atoms with Crippen molar-refractivity contribution in [1.82, 2.24) is 4.90 Å². The fraction of sp³-hybridized carbons (Fsp3) is 0.385. The summed E-state index contributed by atoms with van der Waals surface area (Å²) < 4.78 is 0. The Hall–Kier alpha value is -1.08. The second kappa shape index (κ2) is 4.43. The summed E-state index contributed by atoms with van der Waals surface area (Å²) in [5.74, 6) is 0. The van der Waals surface area contributed by atoms with E-state index in [1.165, 1.54) is 5.56 Å². The molecular weight excluding hydrogens is 170 g/mol. The smallest absolute Gasteiger partial charge is 0.0404 e. The van der Waals surface area contributed by atoms with Gasteiger partial charge in [-0.15, -0.1) is 6.58 Å². The van der Waals surface area contributed by atoms with E-state index in [1.807, 2.05) is 12.1 Å². The van der Waals surface area contributed by atoms with Crippen molar-refractivity contribution in [3.8, 4) is 0 Å². The van der Waals surface area contributed by atoms with Gasteiger partial charge in [0.2, 0.25) is 0 Å². The largest absolute Gasteiger partial charge is 0.294 e. The van der Waals surface area contributed by atoms with Crippen molar-refractivity contribution in [2.24, 2.45) is 0 Å². The molecular formula is C13H19N. The van der Waals surface area contributed by atoms with E-state index in [0.717, 1.165) is 6.54 Å². The molecule has 1 heteroatoms. The third-order valence-corrected chi connectivity index (χ3v) is 2.84. The van der Waals surface area contributed by atoms with Crippen molar-refractivity contribution >= 4 is 0 Å². The van der Waals surface area contributed by atoms with E-state index in [9.17, 15) is 0 Å². The lowest BCUT2D eigenvalue weighted by molar-refractivity contribution is 0.175. The van der Waals surface area contributed by atoms with E-state index in [0.29, 0.717) is 0 Å².